The minimum atomic E-state index is -0.319. The van der Waals surface area contributed by atoms with Crippen LogP contribution in [-0.4, -0.2) is 15.9 Å². The van der Waals surface area contributed by atoms with Gasteiger partial charge in [0.25, 0.3) is 5.56 Å². The average molecular weight is 619 g/mol. The number of para-hydroxylation sites is 2. The van der Waals surface area contributed by atoms with Crippen molar-refractivity contribution in [1.29, 1.82) is 0 Å². The van der Waals surface area contributed by atoms with Crippen LogP contribution in [0.2, 0.25) is 10.0 Å². The first-order chi connectivity index (χ1) is 19.0. The molecular formula is C30H18BrCl2N3O3. The Labute approximate surface area is 241 Å². The Hall–Kier alpha value is -3.91. The highest BCUT2D eigenvalue weighted by Gasteiger charge is 2.16. The molecule has 0 radical (unpaired) electrons. The van der Waals surface area contributed by atoms with E-state index in [0.717, 1.165) is 10.9 Å². The Morgan fingerprint density at radius 3 is 2.54 bits per heavy atom. The van der Waals surface area contributed by atoms with Crippen molar-refractivity contribution in [3.05, 3.63) is 127 Å². The normalized spacial score (nSPS) is 11.6. The Morgan fingerprint density at radius 2 is 1.74 bits per heavy atom. The zero-order valence-corrected chi connectivity index (χ0v) is 23.2. The van der Waals surface area contributed by atoms with E-state index in [9.17, 15) is 4.79 Å². The first kappa shape index (κ1) is 25.4. The van der Waals surface area contributed by atoms with Gasteiger partial charge in [-0.3, -0.25) is 4.79 Å². The molecule has 0 amide bonds. The number of halogens is 3. The van der Waals surface area contributed by atoms with Crippen molar-refractivity contribution >= 4 is 67.2 Å². The first-order valence-corrected chi connectivity index (χ1v) is 13.4. The van der Waals surface area contributed by atoms with Gasteiger partial charge >= 0.3 is 0 Å². The summed E-state index contributed by atoms with van der Waals surface area (Å²) in [6, 6.07) is 27.5. The smallest absolute Gasteiger partial charge is 0.282 e. The number of aromatic nitrogens is 2. The van der Waals surface area contributed by atoms with Gasteiger partial charge in [-0.05, 0) is 75.6 Å². The molecule has 0 bridgehead atoms. The Morgan fingerprint density at radius 1 is 0.974 bits per heavy atom. The number of ether oxygens (including phenoxy) is 1. The molecule has 0 spiro atoms. The summed E-state index contributed by atoms with van der Waals surface area (Å²) in [5, 5.41) is 6.90. The fourth-order valence-corrected chi connectivity index (χ4v) is 5.25. The molecule has 6 rings (SSSR count). The molecule has 0 aliphatic heterocycles. The number of hydrogen-bond donors (Lipinski definition) is 0. The van der Waals surface area contributed by atoms with Crippen LogP contribution in [-0.2, 0) is 6.61 Å². The Kier molecular flexibility index (Phi) is 6.95. The second-order valence-electron chi connectivity index (χ2n) is 8.69. The third kappa shape index (κ3) is 5.21. The van der Waals surface area contributed by atoms with Gasteiger partial charge in [-0.15, -0.1) is 0 Å². The lowest BCUT2D eigenvalue weighted by molar-refractivity contribution is 0.304. The summed E-state index contributed by atoms with van der Waals surface area (Å²) in [5.41, 5.74) is 2.53. The van der Waals surface area contributed by atoms with Crippen molar-refractivity contribution in [1.82, 2.24) is 9.66 Å². The van der Waals surface area contributed by atoms with Gasteiger partial charge in [-0.25, -0.2) is 4.98 Å². The van der Waals surface area contributed by atoms with Gasteiger partial charge in [0.05, 0.1) is 26.6 Å². The van der Waals surface area contributed by atoms with Crippen molar-refractivity contribution < 1.29 is 9.15 Å². The molecule has 4 aromatic carbocycles. The summed E-state index contributed by atoms with van der Waals surface area (Å²) in [4.78, 5) is 18.2. The average Bonchev–Trinajstić information content (AvgIpc) is 3.37. The van der Waals surface area contributed by atoms with E-state index in [4.69, 9.17) is 37.3 Å². The largest absolute Gasteiger partial charge is 0.486 e. The van der Waals surface area contributed by atoms with Gasteiger partial charge in [0.2, 0.25) is 5.82 Å². The molecule has 0 unspecified atom stereocenters. The van der Waals surface area contributed by atoms with Crippen molar-refractivity contribution in [3.63, 3.8) is 0 Å². The summed E-state index contributed by atoms with van der Waals surface area (Å²) >= 11 is 16.1. The summed E-state index contributed by atoms with van der Waals surface area (Å²) < 4.78 is 13.9. The number of benzene rings is 4. The lowest BCUT2D eigenvalue weighted by Crippen LogP contribution is -2.20. The van der Waals surface area contributed by atoms with Gasteiger partial charge in [-0.1, -0.05) is 65.7 Å². The monoisotopic (exact) mass is 617 g/mol. The molecule has 2 heterocycles. The highest BCUT2D eigenvalue weighted by atomic mass is 79.9. The maximum Gasteiger partial charge on any atom is 0.282 e. The molecule has 0 aliphatic carbocycles. The molecule has 0 N–H and O–H groups in total. The lowest BCUT2D eigenvalue weighted by Gasteiger charge is -2.11. The van der Waals surface area contributed by atoms with Gasteiger partial charge in [-0.2, -0.15) is 9.78 Å². The fourth-order valence-electron chi connectivity index (χ4n) is 4.13. The summed E-state index contributed by atoms with van der Waals surface area (Å²) in [6.07, 6.45) is 1.55. The van der Waals surface area contributed by atoms with Crippen molar-refractivity contribution in [2.45, 2.75) is 6.61 Å². The van der Waals surface area contributed by atoms with Crippen LogP contribution >= 0.6 is 39.1 Å². The molecule has 6 aromatic rings. The Balaban J connectivity index is 1.37. The minimum Gasteiger partial charge on any atom is -0.486 e. The summed E-state index contributed by atoms with van der Waals surface area (Å²) in [6.45, 7) is 0.321. The van der Waals surface area contributed by atoms with E-state index in [1.54, 1.807) is 42.6 Å². The molecule has 9 heteroatoms. The number of nitrogens with zero attached hydrogens (tertiary/aromatic N) is 3. The minimum absolute atomic E-state index is 0.291. The number of hydrogen-bond acceptors (Lipinski definition) is 5. The fraction of sp³-hybridized carbons (Fsp3) is 0.0333. The van der Waals surface area contributed by atoms with Crippen LogP contribution in [0.5, 0.6) is 5.75 Å². The molecule has 2 aromatic heterocycles. The molecule has 0 saturated heterocycles. The standard InChI is InChI=1S/C30H18BrCl2N3O3/c31-23-13-19(14-24(33)28(23)38-17-18-9-11-21(32)12-10-18)16-34-36-29(27-15-20-5-1-4-8-26(20)39-27)35-25-7-3-2-6-22(25)30(36)37/h1-16H,17H2. The van der Waals surface area contributed by atoms with Crippen molar-refractivity contribution in [2.75, 3.05) is 0 Å². The van der Waals surface area contributed by atoms with Crippen molar-refractivity contribution in [3.8, 4) is 17.3 Å². The maximum atomic E-state index is 13.5. The predicted molar refractivity (Wildman–Crippen MR) is 159 cm³/mol. The van der Waals surface area contributed by atoms with E-state index in [-0.39, 0.29) is 5.56 Å². The van der Waals surface area contributed by atoms with Crippen LogP contribution < -0.4 is 10.3 Å². The van der Waals surface area contributed by atoms with Crippen LogP contribution in [0.15, 0.2) is 110 Å². The van der Waals surface area contributed by atoms with Crippen LogP contribution in [0, 0.1) is 0 Å². The molecule has 6 nitrogen and oxygen atoms in total. The highest BCUT2D eigenvalue weighted by molar-refractivity contribution is 9.10. The predicted octanol–water partition coefficient (Wildman–Crippen LogP) is 8.34. The second kappa shape index (κ2) is 10.7. The van der Waals surface area contributed by atoms with Crippen LogP contribution in [0.25, 0.3) is 33.5 Å². The van der Waals surface area contributed by atoms with Gasteiger partial charge < -0.3 is 9.15 Å². The van der Waals surface area contributed by atoms with E-state index in [0.29, 0.717) is 60.5 Å². The number of rotatable bonds is 6. The van der Waals surface area contributed by atoms with E-state index < -0.39 is 0 Å². The van der Waals surface area contributed by atoms with Crippen molar-refractivity contribution in [2.24, 2.45) is 5.10 Å². The SMILES string of the molecule is O=c1c2ccccc2nc(-c2cc3ccccc3o2)n1N=Cc1cc(Cl)c(OCc2ccc(Cl)cc2)c(Br)c1. The maximum absolute atomic E-state index is 13.5. The molecular weight excluding hydrogens is 601 g/mol. The van der Waals surface area contributed by atoms with E-state index in [1.807, 2.05) is 54.6 Å². The van der Waals surface area contributed by atoms with Gasteiger partial charge in [0.1, 0.15) is 12.2 Å². The van der Waals surface area contributed by atoms with E-state index >= 15 is 0 Å². The number of furan rings is 1. The highest BCUT2D eigenvalue weighted by Crippen LogP contribution is 2.35. The van der Waals surface area contributed by atoms with Crippen LogP contribution in [0.3, 0.4) is 0 Å². The third-order valence-corrected chi connectivity index (χ3v) is 7.16. The molecule has 192 valence electrons. The molecule has 0 fully saturated rings. The molecule has 39 heavy (non-hydrogen) atoms. The Bertz CT molecular complexity index is 1870. The van der Waals surface area contributed by atoms with Crippen LogP contribution in [0.1, 0.15) is 11.1 Å². The first-order valence-electron chi connectivity index (χ1n) is 11.9. The number of fused-ring (bicyclic) bond motifs is 2. The lowest BCUT2D eigenvalue weighted by atomic mass is 10.2. The quantitative estimate of drug-likeness (QED) is 0.176. The van der Waals surface area contributed by atoms with Gasteiger partial charge in [0, 0.05) is 10.4 Å². The molecule has 0 atom stereocenters. The van der Waals surface area contributed by atoms with E-state index in [2.05, 4.69) is 21.0 Å². The third-order valence-electron chi connectivity index (χ3n) is 6.04. The summed E-state index contributed by atoms with van der Waals surface area (Å²) in [7, 11) is 0. The second-order valence-corrected chi connectivity index (χ2v) is 10.4. The summed E-state index contributed by atoms with van der Waals surface area (Å²) in [5.74, 6) is 1.22. The zero-order valence-electron chi connectivity index (χ0n) is 20.1. The molecule has 0 saturated carbocycles. The topological polar surface area (TPSA) is 69.6 Å². The zero-order chi connectivity index (χ0) is 26.9. The van der Waals surface area contributed by atoms with E-state index in [1.165, 1.54) is 4.68 Å². The van der Waals surface area contributed by atoms with Crippen LogP contribution in [0.4, 0.5) is 0 Å². The van der Waals surface area contributed by atoms with Gasteiger partial charge in [0.15, 0.2) is 11.5 Å². The molecule has 0 aliphatic rings.